The van der Waals surface area contributed by atoms with Gasteiger partial charge in [0.25, 0.3) is 0 Å². The van der Waals surface area contributed by atoms with E-state index in [0.29, 0.717) is 23.9 Å². The lowest BCUT2D eigenvalue weighted by atomic mass is 9.92. The van der Waals surface area contributed by atoms with Crippen molar-refractivity contribution < 1.29 is 8.42 Å². The summed E-state index contributed by atoms with van der Waals surface area (Å²) in [5.74, 6) is 0.422. The molecule has 4 nitrogen and oxygen atoms in total. The molecule has 0 amide bonds. The maximum Gasteiger partial charge on any atom is 0.243 e. The Morgan fingerprint density at radius 1 is 1.29 bits per heavy atom. The summed E-state index contributed by atoms with van der Waals surface area (Å²) in [5.41, 5.74) is 6.83. The molecule has 0 aromatic heterocycles. The van der Waals surface area contributed by atoms with Crippen LogP contribution in [0.3, 0.4) is 0 Å². The molecule has 1 aliphatic heterocycles. The predicted molar refractivity (Wildman–Crippen MR) is 91.3 cm³/mol. The topological polar surface area (TPSA) is 63.4 Å². The summed E-state index contributed by atoms with van der Waals surface area (Å²) in [6.07, 6.45) is 1.67. The number of nitrogens with two attached hydrogens (primary N) is 1. The van der Waals surface area contributed by atoms with Gasteiger partial charge in [-0.05, 0) is 56.4 Å². The largest absolute Gasteiger partial charge is 0.328 e. The summed E-state index contributed by atoms with van der Waals surface area (Å²) in [5, 5.41) is 0. The first-order valence-corrected chi connectivity index (χ1v) is 9.07. The molecule has 0 spiro atoms. The summed E-state index contributed by atoms with van der Waals surface area (Å²) in [4.78, 5) is 0.364. The van der Waals surface area contributed by atoms with E-state index in [-0.39, 0.29) is 18.4 Å². The molecule has 1 aliphatic rings. The minimum atomic E-state index is -3.39. The first-order chi connectivity index (χ1) is 9.30. The number of rotatable bonds is 3. The van der Waals surface area contributed by atoms with Crippen LogP contribution >= 0.6 is 28.3 Å². The molecule has 0 saturated carbocycles. The van der Waals surface area contributed by atoms with Gasteiger partial charge >= 0.3 is 0 Å². The van der Waals surface area contributed by atoms with Gasteiger partial charge in [0.05, 0.1) is 4.90 Å². The van der Waals surface area contributed by atoms with Crippen LogP contribution in [0.15, 0.2) is 27.6 Å². The van der Waals surface area contributed by atoms with Crippen molar-refractivity contribution in [1.82, 2.24) is 4.31 Å². The van der Waals surface area contributed by atoms with E-state index in [9.17, 15) is 8.42 Å². The van der Waals surface area contributed by atoms with Gasteiger partial charge in [0, 0.05) is 23.6 Å². The summed E-state index contributed by atoms with van der Waals surface area (Å²) in [6, 6.07) is 5.42. The maximum absolute atomic E-state index is 12.6. The number of piperidine rings is 1. The highest BCUT2D eigenvalue weighted by Gasteiger charge is 2.30. The summed E-state index contributed by atoms with van der Waals surface area (Å²) < 4.78 is 27.7. The van der Waals surface area contributed by atoms with Gasteiger partial charge in [-0.1, -0.05) is 15.9 Å². The molecule has 1 unspecified atom stereocenters. The molecule has 1 aromatic carbocycles. The number of hydrogen-bond acceptors (Lipinski definition) is 3. The monoisotopic (exact) mass is 396 g/mol. The van der Waals surface area contributed by atoms with Crippen molar-refractivity contribution in [1.29, 1.82) is 0 Å². The van der Waals surface area contributed by atoms with Crippen molar-refractivity contribution in [2.45, 2.75) is 37.6 Å². The Morgan fingerprint density at radius 3 is 2.33 bits per heavy atom. The minimum absolute atomic E-state index is 0. The zero-order chi connectivity index (χ0) is 14.9. The Morgan fingerprint density at radius 2 is 1.86 bits per heavy atom. The lowest BCUT2D eigenvalue weighted by Gasteiger charge is -2.33. The van der Waals surface area contributed by atoms with Gasteiger partial charge in [0.2, 0.25) is 10.0 Å². The van der Waals surface area contributed by atoms with Crippen LogP contribution in [0, 0.1) is 12.8 Å². The van der Waals surface area contributed by atoms with Crippen molar-refractivity contribution in [3.05, 3.63) is 28.2 Å². The Bertz CT molecular complexity index is 564. The Balaban J connectivity index is 0.00000220. The average molecular weight is 398 g/mol. The normalized spacial score (nSPS) is 19.0. The third-order valence-corrected chi connectivity index (χ3v) is 6.23. The van der Waals surface area contributed by atoms with Crippen LogP contribution in [0.25, 0.3) is 0 Å². The lowest BCUT2D eigenvalue weighted by molar-refractivity contribution is 0.250. The number of nitrogens with zero attached hydrogens (tertiary/aromatic N) is 1. The minimum Gasteiger partial charge on any atom is -0.328 e. The second-order valence-electron chi connectivity index (χ2n) is 5.56. The number of hydrogen-bond donors (Lipinski definition) is 1. The number of sulfonamides is 1. The SMILES string of the molecule is Cc1cc(Br)cc(S(=O)(=O)N2CCC(C(C)N)CC2)c1.Cl. The lowest BCUT2D eigenvalue weighted by Crippen LogP contribution is -2.42. The molecule has 1 fully saturated rings. The average Bonchev–Trinajstić information content (AvgIpc) is 2.37. The van der Waals surface area contributed by atoms with E-state index >= 15 is 0 Å². The molecule has 1 aromatic rings. The van der Waals surface area contributed by atoms with E-state index in [1.54, 1.807) is 16.4 Å². The van der Waals surface area contributed by atoms with Gasteiger partial charge in [-0.25, -0.2) is 8.42 Å². The fraction of sp³-hybridized carbons (Fsp3) is 0.571. The first kappa shape index (κ1) is 18.9. The van der Waals surface area contributed by atoms with Crippen LogP contribution in [0.2, 0.25) is 0 Å². The number of aryl methyl sites for hydroxylation is 1. The van der Waals surface area contributed by atoms with E-state index in [1.807, 2.05) is 19.9 Å². The molecular formula is C14H22BrClN2O2S. The molecule has 0 aliphatic carbocycles. The second kappa shape index (κ2) is 7.42. The Kier molecular flexibility index (Phi) is 6.68. The van der Waals surface area contributed by atoms with Crippen molar-refractivity contribution in [2.75, 3.05) is 13.1 Å². The third-order valence-electron chi connectivity index (χ3n) is 3.90. The molecule has 0 radical (unpaired) electrons. The van der Waals surface area contributed by atoms with Gasteiger partial charge in [-0.2, -0.15) is 4.31 Å². The second-order valence-corrected chi connectivity index (χ2v) is 8.42. The highest BCUT2D eigenvalue weighted by molar-refractivity contribution is 9.10. The fourth-order valence-electron chi connectivity index (χ4n) is 2.64. The van der Waals surface area contributed by atoms with E-state index in [0.717, 1.165) is 22.9 Å². The van der Waals surface area contributed by atoms with Crippen molar-refractivity contribution >= 4 is 38.4 Å². The number of benzene rings is 1. The van der Waals surface area contributed by atoms with Crippen LogP contribution < -0.4 is 5.73 Å². The molecule has 1 saturated heterocycles. The standard InChI is InChI=1S/C14H21BrN2O2S.ClH/c1-10-7-13(15)9-14(8-10)20(18,19)17-5-3-12(4-6-17)11(2)16;/h7-9,11-12H,3-6,16H2,1-2H3;1H. The summed E-state index contributed by atoms with van der Waals surface area (Å²) >= 11 is 3.36. The quantitative estimate of drug-likeness (QED) is 0.853. The van der Waals surface area contributed by atoms with Gasteiger partial charge in [0.15, 0.2) is 0 Å². The van der Waals surface area contributed by atoms with E-state index in [2.05, 4.69) is 15.9 Å². The van der Waals surface area contributed by atoms with Gasteiger partial charge in [0.1, 0.15) is 0 Å². The van der Waals surface area contributed by atoms with Crippen molar-refractivity contribution in [2.24, 2.45) is 11.7 Å². The molecule has 2 N–H and O–H groups in total. The molecule has 2 rings (SSSR count). The molecule has 1 atom stereocenters. The number of halogens is 2. The summed E-state index contributed by atoms with van der Waals surface area (Å²) in [6.45, 7) is 5.00. The summed E-state index contributed by atoms with van der Waals surface area (Å²) in [7, 11) is -3.39. The fourth-order valence-corrected chi connectivity index (χ4v) is 5.00. The third kappa shape index (κ3) is 4.42. The molecule has 7 heteroatoms. The highest BCUT2D eigenvalue weighted by Crippen LogP contribution is 2.27. The van der Waals surface area contributed by atoms with Gasteiger partial charge < -0.3 is 5.73 Å². The maximum atomic E-state index is 12.6. The Hall–Kier alpha value is -0.140. The first-order valence-electron chi connectivity index (χ1n) is 6.83. The van der Waals surface area contributed by atoms with E-state index < -0.39 is 10.0 Å². The molecule has 1 heterocycles. The van der Waals surface area contributed by atoms with Crippen LogP contribution in [-0.4, -0.2) is 31.9 Å². The van der Waals surface area contributed by atoms with Crippen molar-refractivity contribution in [3.63, 3.8) is 0 Å². The van der Waals surface area contributed by atoms with Crippen LogP contribution in [0.4, 0.5) is 0 Å². The predicted octanol–water partition coefficient (Wildman–Crippen LogP) is 2.93. The zero-order valence-corrected chi connectivity index (χ0v) is 15.5. The Labute approximate surface area is 141 Å². The zero-order valence-electron chi connectivity index (χ0n) is 12.3. The van der Waals surface area contributed by atoms with Crippen LogP contribution in [0.5, 0.6) is 0 Å². The smallest absolute Gasteiger partial charge is 0.243 e. The molecule has 120 valence electrons. The molecule has 21 heavy (non-hydrogen) atoms. The van der Waals surface area contributed by atoms with Crippen LogP contribution in [0.1, 0.15) is 25.3 Å². The van der Waals surface area contributed by atoms with E-state index in [1.165, 1.54) is 0 Å². The van der Waals surface area contributed by atoms with E-state index in [4.69, 9.17) is 5.73 Å². The molecule has 0 bridgehead atoms. The molecular weight excluding hydrogens is 376 g/mol. The van der Waals surface area contributed by atoms with Gasteiger partial charge in [-0.15, -0.1) is 12.4 Å². The highest BCUT2D eigenvalue weighted by atomic mass is 79.9. The van der Waals surface area contributed by atoms with Crippen LogP contribution in [-0.2, 0) is 10.0 Å². The van der Waals surface area contributed by atoms with Gasteiger partial charge in [-0.3, -0.25) is 0 Å². The van der Waals surface area contributed by atoms with Crippen molar-refractivity contribution in [3.8, 4) is 0 Å².